The zero-order valence-electron chi connectivity index (χ0n) is 24.8. The molecular weight excluding hydrogens is 520 g/mol. The highest BCUT2D eigenvalue weighted by Gasteiger charge is 2.43. The van der Waals surface area contributed by atoms with Crippen LogP contribution in [-0.2, 0) is 19.2 Å². The molecule has 1 aliphatic heterocycles. The second-order valence-corrected chi connectivity index (χ2v) is 14.0. The Morgan fingerprint density at radius 1 is 0.974 bits per heavy atom. The largest absolute Gasteiger partial charge is 0.363 e. The third-order valence-electron chi connectivity index (χ3n) is 7.47. The van der Waals surface area contributed by atoms with Gasteiger partial charge in [0.15, 0.2) is 0 Å². The number of nitrogens with two attached hydrogens (primary N) is 1. The standard InChI is InChI=1S/C27H48N6O5S/c1-26(2,3)19(15-32(7)39-8)30-25(38)31-21(27(4,5)6)24(37)33-13-9-10-18(33)23(36)29-17(14-16-11-12-16)20(34)22(28)35/h16-19,21H,9-15H2,1-8H3,(H2,28,35)(H,29,36)(H2,30,31,38). The molecule has 39 heavy (non-hydrogen) atoms. The molecular formula is C27H48N6O5S. The second-order valence-electron chi connectivity index (χ2n) is 13.0. The number of likely N-dealkylation sites (tertiary alicyclic amines) is 1. The third-order valence-corrected chi connectivity index (χ3v) is 8.24. The summed E-state index contributed by atoms with van der Waals surface area (Å²) in [5.74, 6) is -2.46. The Balaban J connectivity index is 2.16. The Morgan fingerprint density at radius 2 is 1.59 bits per heavy atom. The lowest BCUT2D eigenvalue weighted by Gasteiger charge is -2.37. The number of likely N-dealkylation sites (N-methyl/N-ethyl adjacent to an activating group) is 1. The quantitative estimate of drug-likeness (QED) is 0.206. The van der Waals surface area contributed by atoms with E-state index in [1.165, 1.54) is 4.90 Å². The summed E-state index contributed by atoms with van der Waals surface area (Å²) < 4.78 is 2.04. The number of Topliss-reactive ketones (excluding diaryl/α,β-unsaturated/α-hetero) is 1. The average molecular weight is 569 g/mol. The zero-order chi connectivity index (χ0) is 29.7. The van der Waals surface area contributed by atoms with Crippen molar-refractivity contribution in [2.45, 2.75) is 97.8 Å². The number of ketones is 1. The SMILES string of the molecule is CSN(C)CC(NC(=O)NC(C(=O)N1CCCC1C(=O)NC(CC1CC1)C(=O)C(N)=O)C(C)(C)C)C(C)(C)C. The van der Waals surface area contributed by atoms with Gasteiger partial charge >= 0.3 is 6.03 Å². The molecule has 2 aliphatic rings. The molecule has 0 aromatic rings. The van der Waals surface area contributed by atoms with Gasteiger partial charge in [0, 0.05) is 19.1 Å². The molecule has 1 aliphatic carbocycles. The molecule has 0 radical (unpaired) electrons. The lowest BCUT2D eigenvalue weighted by molar-refractivity contribution is -0.143. The van der Waals surface area contributed by atoms with Crippen molar-refractivity contribution in [1.82, 2.24) is 25.2 Å². The number of primary amides is 1. The first-order valence-electron chi connectivity index (χ1n) is 13.7. The molecule has 0 spiro atoms. The lowest BCUT2D eigenvalue weighted by atomic mass is 9.85. The van der Waals surface area contributed by atoms with Crippen LogP contribution >= 0.6 is 11.9 Å². The highest BCUT2D eigenvalue weighted by atomic mass is 32.2. The van der Waals surface area contributed by atoms with E-state index < -0.39 is 47.2 Å². The van der Waals surface area contributed by atoms with Crippen LogP contribution in [-0.4, -0.2) is 89.3 Å². The monoisotopic (exact) mass is 568 g/mol. The average Bonchev–Trinajstić information content (AvgIpc) is 3.50. The number of nitrogens with one attached hydrogen (secondary N) is 3. The summed E-state index contributed by atoms with van der Waals surface area (Å²) in [6, 6.07) is -3.31. The van der Waals surface area contributed by atoms with Crippen molar-refractivity contribution >= 4 is 41.5 Å². The van der Waals surface area contributed by atoms with Crippen LogP contribution in [0.4, 0.5) is 4.79 Å². The van der Waals surface area contributed by atoms with E-state index in [1.807, 2.05) is 59.2 Å². The third kappa shape index (κ3) is 9.66. The van der Waals surface area contributed by atoms with E-state index in [1.54, 1.807) is 11.9 Å². The molecule has 1 saturated carbocycles. The van der Waals surface area contributed by atoms with Crippen molar-refractivity contribution in [3.05, 3.63) is 0 Å². The van der Waals surface area contributed by atoms with E-state index in [0.717, 1.165) is 12.8 Å². The molecule has 5 N–H and O–H groups in total. The number of carbonyl (C=O) groups is 5. The van der Waals surface area contributed by atoms with Gasteiger partial charge < -0.3 is 26.6 Å². The fraction of sp³-hybridized carbons (Fsp3) is 0.815. The van der Waals surface area contributed by atoms with Gasteiger partial charge in [-0.25, -0.2) is 4.79 Å². The minimum absolute atomic E-state index is 0.179. The normalized spacial score (nSPS) is 20.2. The fourth-order valence-electron chi connectivity index (χ4n) is 4.67. The van der Waals surface area contributed by atoms with Crippen molar-refractivity contribution in [2.75, 3.05) is 26.4 Å². The van der Waals surface area contributed by atoms with Gasteiger partial charge in [-0.05, 0) is 49.3 Å². The number of hydrogen-bond donors (Lipinski definition) is 4. The van der Waals surface area contributed by atoms with E-state index in [4.69, 9.17) is 5.73 Å². The Hall–Kier alpha value is -2.34. The van der Waals surface area contributed by atoms with Gasteiger partial charge in [0.2, 0.25) is 17.6 Å². The van der Waals surface area contributed by atoms with Crippen LogP contribution in [0.5, 0.6) is 0 Å². The summed E-state index contributed by atoms with van der Waals surface area (Å²) in [7, 11) is 1.95. The Morgan fingerprint density at radius 3 is 2.08 bits per heavy atom. The van der Waals surface area contributed by atoms with Crippen molar-refractivity contribution in [3.63, 3.8) is 0 Å². The van der Waals surface area contributed by atoms with Crippen LogP contribution in [0.2, 0.25) is 0 Å². The Bertz CT molecular complexity index is 927. The second kappa shape index (κ2) is 13.3. The molecule has 5 amide bonds. The molecule has 11 nitrogen and oxygen atoms in total. The van der Waals surface area contributed by atoms with Crippen LogP contribution in [0.3, 0.4) is 0 Å². The first-order chi connectivity index (χ1) is 17.9. The van der Waals surface area contributed by atoms with Crippen molar-refractivity contribution in [2.24, 2.45) is 22.5 Å². The lowest BCUT2D eigenvalue weighted by Crippen LogP contribution is -2.61. The van der Waals surface area contributed by atoms with Crippen molar-refractivity contribution < 1.29 is 24.0 Å². The number of hydrogen-bond acceptors (Lipinski definition) is 7. The molecule has 2 fully saturated rings. The van der Waals surface area contributed by atoms with Gasteiger partial charge in [-0.3, -0.25) is 23.5 Å². The summed E-state index contributed by atoms with van der Waals surface area (Å²) in [5, 5.41) is 8.61. The maximum Gasteiger partial charge on any atom is 0.315 e. The van der Waals surface area contributed by atoms with Gasteiger partial charge in [-0.2, -0.15) is 0 Å². The predicted molar refractivity (Wildman–Crippen MR) is 153 cm³/mol. The van der Waals surface area contributed by atoms with Crippen LogP contribution in [0, 0.1) is 16.7 Å². The molecule has 4 unspecified atom stereocenters. The Labute approximate surface area is 237 Å². The zero-order valence-corrected chi connectivity index (χ0v) is 25.6. The smallest absolute Gasteiger partial charge is 0.315 e. The summed E-state index contributed by atoms with van der Waals surface area (Å²) in [6.45, 7) is 12.7. The molecule has 0 bridgehead atoms. The number of nitrogens with zero attached hydrogens (tertiary/aromatic N) is 2. The number of rotatable bonds is 12. The van der Waals surface area contributed by atoms with E-state index in [-0.39, 0.29) is 23.3 Å². The summed E-state index contributed by atoms with van der Waals surface area (Å²) in [6.07, 6.45) is 5.25. The first kappa shape index (κ1) is 32.9. The minimum Gasteiger partial charge on any atom is -0.363 e. The fourth-order valence-corrected chi connectivity index (χ4v) is 4.97. The van der Waals surface area contributed by atoms with E-state index >= 15 is 0 Å². The summed E-state index contributed by atoms with van der Waals surface area (Å²) >= 11 is 1.57. The van der Waals surface area contributed by atoms with Gasteiger partial charge in [0.25, 0.3) is 5.91 Å². The highest BCUT2D eigenvalue weighted by molar-refractivity contribution is 7.96. The van der Waals surface area contributed by atoms with E-state index in [2.05, 4.69) is 16.0 Å². The maximum absolute atomic E-state index is 13.8. The highest BCUT2D eigenvalue weighted by Crippen LogP contribution is 2.34. The minimum atomic E-state index is -1.08. The van der Waals surface area contributed by atoms with Crippen molar-refractivity contribution in [3.8, 4) is 0 Å². The van der Waals surface area contributed by atoms with Crippen LogP contribution < -0.4 is 21.7 Å². The summed E-state index contributed by atoms with van der Waals surface area (Å²) in [4.78, 5) is 65.6. The maximum atomic E-state index is 13.8. The molecule has 1 saturated heterocycles. The number of amides is 5. The molecule has 1 heterocycles. The Kier molecular flexibility index (Phi) is 11.2. The van der Waals surface area contributed by atoms with E-state index in [9.17, 15) is 24.0 Å². The molecule has 4 atom stereocenters. The predicted octanol–water partition coefficient (Wildman–Crippen LogP) is 1.66. The van der Waals surface area contributed by atoms with Gasteiger partial charge in [-0.1, -0.05) is 66.3 Å². The summed E-state index contributed by atoms with van der Waals surface area (Å²) in [5.41, 5.74) is 4.35. The van der Waals surface area contributed by atoms with Crippen LogP contribution in [0.15, 0.2) is 0 Å². The van der Waals surface area contributed by atoms with Crippen LogP contribution in [0.1, 0.15) is 73.6 Å². The van der Waals surface area contributed by atoms with Crippen molar-refractivity contribution in [1.29, 1.82) is 0 Å². The van der Waals surface area contributed by atoms with Crippen LogP contribution in [0.25, 0.3) is 0 Å². The van der Waals surface area contributed by atoms with Gasteiger partial charge in [-0.15, -0.1) is 0 Å². The molecule has 2 rings (SSSR count). The molecule has 222 valence electrons. The van der Waals surface area contributed by atoms with Gasteiger partial charge in [0.05, 0.1) is 6.04 Å². The van der Waals surface area contributed by atoms with Gasteiger partial charge in [0.1, 0.15) is 12.1 Å². The number of urea groups is 1. The number of carbonyl (C=O) groups excluding carboxylic acids is 5. The first-order valence-corrected chi connectivity index (χ1v) is 14.9. The topological polar surface area (TPSA) is 154 Å². The molecule has 0 aromatic carbocycles. The van der Waals surface area contributed by atoms with E-state index in [0.29, 0.717) is 32.4 Å². The molecule has 12 heteroatoms. The molecule has 0 aromatic heterocycles.